The van der Waals surface area contributed by atoms with E-state index >= 15 is 0 Å². The maximum Gasteiger partial charge on any atom is 0.350 e. The van der Waals surface area contributed by atoms with Gasteiger partial charge in [0.1, 0.15) is 5.82 Å². The molecule has 16 heavy (non-hydrogen) atoms. The Labute approximate surface area is 93.2 Å². The molecule has 0 aromatic carbocycles. The second kappa shape index (κ2) is 4.09. The van der Waals surface area contributed by atoms with Gasteiger partial charge >= 0.3 is 5.69 Å². The van der Waals surface area contributed by atoms with Crippen LogP contribution in [0, 0.1) is 12.8 Å². The summed E-state index contributed by atoms with van der Waals surface area (Å²) in [4.78, 5) is 15.4. The molecule has 3 N–H and O–H groups in total. The van der Waals surface area contributed by atoms with Gasteiger partial charge in [0.25, 0.3) is 0 Å². The highest BCUT2D eigenvalue weighted by Gasteiger charge is 2.20. The van der Waals surface area contributed by atoms with Gasteiger partial charge in [-0.3, -0.25) is 4.57 Å². The topological polar surface area (TPSA) is 81.1 Å². The summed E-state index contributed by atoms with van der Waals surface area (Å²) in [5.41, 5.74) is 6.01. The minimum Gasteiger partial charge on any atom is -0.396 e. The van der Waals surface area contributed by atoms with Gasteiger partial charge in [-0.25, -0.2) is 4.79 Å². The van der Waals surface area contributed by atoms with Crippen LogP contribution in [0.2, 0.25) is 0 Å². The van der Waals surface area contributed by atoms with E-state index in [9.17, 15) is 4.79 Å². The van der Waals surface area contributed by atoms with Crippen LogP contribution in [-0.2, 0) is 0 Å². The van der Waals surface area contributed by atoms with E-state index in [1.807, 2.05) is 19.1 Å². The average molecular weight is 221 g/mol. The Hall–Kier alpha value is -1.62. The minimum atomic E-state index is -0.337. The first-order valence-corrected chi connectivity index (χ1v) is 5.26. The highest BCUT2D eigenvalue weighted by molar-refractivity contribution is 5.35. The van der Waals surface area contributed by atoms with E-state index in [0.717, 1.165) is 12.0 Å². The Bertz CT molecular complexity index is 479. The van der Waals surface area contributed by atoms with Crippen molar-refractivity contribution >= 4 is 5.82 Å². The summed E-state index contributed by atoms with van der Waals surface area (Å²) in [6.07, 6.45) is 6.32. The lowest BCUT2D eigenvalue weighted by Gasteiger charge is -2.14. The van der Waals surface area contributed by atoms with Crippen LogP contribution in [0.25, 0.3) is 0 Å². The van der Waals surface area contributed by atoms with Crippen molar-refractivity contribution in [3.05, 3.63) is 34.4 Å². The molecule has 5 nitrogen and oxygen atoms in total. The van der Waals surface area contributed by atoms with Crippen LogP contribution in [0.5, 0.6) is 0 Å². The highest BCUT2D eigenvalue weighted by atomic mass is 16.3. The minimum absolute atomic E-state index is 0.0172. The molecule has 0 aliphatic heterocycles. The van der Waals surface area contributed by atoms with Crippen molar-refractivity contribution in [2.75, 3.05) is 12.3 Å². The number of aliphatic hydroxyl groups is 1. The summed E-state index contributed by atoms with van der Waals surface area (Å²) in [6.45, 7) is 1.93. The third kappa shape index (κ3) is 1.86. The molecule has 0 saturated heterocycles. The molecule has 0 radical (unpaired) electrons. The van der Waals surface area contributed by atoms with E-state index in [-0.39, 0.29) is 30.1 Å². The molecule has 0 saturated carbocycles. The van der Waals surface area contributed by atoms with Crippen LogP contribution in [0.3, 0.4) is 0 Å². The Kier molecular flexibility index (Phi) is 2.78. The number of nitrogen functional groups attached to an aromatic ring is 1. The summed E-state index contributed by atoms with van der Waals surface area (Å²) in [5, 5.41) is 9.02. The van der Waals surface area contributed by atoms with Gasteiger partial charge in [0.15, 0.2) is 0 Å². The molecule has 0 amide bonds. The number of aliphatic hydroxyl groups excluding tert-OH is 1. The molecule has 86 valence electrons. The normalized spacial score (nSPS) is 23.9. The van der Waals surface area contributed by atoms with Crippen LogP contribution < -0.4 is 11.4 Å². The molecule has 2 unspecified atom stereocenters. The van der Waals surface area contributed by atoms with Crippen molar-refractivity contribution in [3.63, 3.8) is 0 Å². The smallest absolute Gasteiger partial charge is 0.350 e. The molecule has 2 atom stereocenters. The van der Waals surface area contributed by atoms with Crippen LogP contribution >= 0.6 is 0 Å². The van der Waals surface area contributed by atoms with Gasteiger partial charge in [-0.1, -0.05) is 12.2 Å². The number of hydrogen-bond acceptors (Lipinski definition) is 4. The van der Waals surface area contributed by atoms with Gasteiger partial charge in [-0.05, 0) is 13.3 Å². The predicted molar refractivity (Wildman–Crippen MR) is 61.0 cm³/mol. The van der Waals surface area contributed by atoms with Gasteiger partial charge in [0, 0.05) is 24.3 Å². The summed E-state index contributed by atoms with van der Waals surface area (Å²) in [7, 11) is 0. The molecule has 0 spiro atoms. The molecule has 5 heteroatoms. The third-order valence-corrected chi connectivity index (χ3v) is 2.92. The zero-order chi connectivity index (χ0) is 11.7. The van der Waals surface area contributed by atoms with Crippen LogP contribution in [-0.4, -0.2) is 21.3 Å². The fraction of sp³-hybridized carbons (Fsp3) is 0.455. The van der Waals surface area contributed by atoms with Crippen molar-refractivity contribution in [2.45, 2.75) is 19.4 Å². The Morgan fingerprint density at radius 3 is 3.00 bits per heavy atom. The first-order chi connectivity index (χ1) is 7.61. The Morgan fingerprint density at radius 2 is 2.38 bits per heavy atom. The zero-order valence-corrected chi connectivity index (χ0v) is 9.13. The number of aromatic nitrogens is 2. The predicted octanol–water partition coefficient (Wildman–Crippen LogP) is 0.243. The first kappa shape index (κ1) is 10.9. The first-order valence-electron chi connectivity index (χ1n) is 5.26. The van der Waals surface area contributed by atoms with Crippen molar-refractivity contribution < 1.29 is 5.11 Å². The van der Waals surface area contributed by atoms with E-state index in [2.05, 4.69) is 4.98 Å². The Morgan fingerprint density at radius 1 is 1.62 bits per heavy atom. The van der Waals surface area contributed by atoms with Crippen molar-refractivity contribution in [3.8, 4) is 0 Å². The molecule has 0 fully saturated rings. The van der Waals surface area contributed by atoms with Gasteiger partial charge < -0.3 is 10.8 Å². The number of aryl methyl sites for hydroxylation is 1. The van der Waals surface area contributed by atoms with Crippen molar-refractivity contribution in [1.29, 1.82) is 0 Å². The number of rotatable bonds is 2. The fourth-order valence-electron chi connectivity index (χ4n) is 1.91. The molecular weight excluding hydrogens is 206 g/mol. The zero-order valence-electron chi connectivity index (χ0n) is 9.13. The monoisotopic (exact) mass is 221 g/mol. The molecular formula is C11H15N3O2. The van der Waals surface area contributed by atoms with Crippen molar-refractivity contribution in [2.24, 2.45) is 5.92 Å². The molecule has 1 aliphatic rings. The van der Waals surface area contributed by atoms with Crippen molar-refractivity contribution in [1.82, 2.24) is 9.55 Å². The molecule has 2 rings (SSSR count). The van der Waals surface area contributed by atoms with Gasteiger partial charge in [-0.2, -0.15) is 4.98 Å². The quantitative estimate of drug-likeness (QED) is 0.701. The lowest BCUT2D eigenvalue weighted by molar-refractivity contribution is 0.243. The molecule has 1 aromatic heterocycles. The average Bonchev–Trinajstić information content (AvgIpc) is 2.71. The molecule has 0 bridgehead atoms. The summed E-state index contributed by atoms with van der Waals surface area (Å²) < 4.78 is 1.57. The summed E-state index contributed by atoms with van der Waals surface area (Å²) in [5.74, 6) is 0.414. The lowest BCUT2D eigenvalue weighted by Crippen LogP contribution is -2.27. The second-order valence-electron chi connectivity index (χ2n) is 4.13. The maximum atomic E-state index is 11.6. The SMILES string of the molecule is Cc1cn(C2C=CC(CO)C2)c(=O)nc1N. The number of hydrogen-bond donors (Lipinski definition) is 2. The van der Waals surface area contributed by atoms with Crippen LogP contribution in [0.15, 0.2) is 23.1 Å². The number of nitrogens with two attached hydrogens (primary N) is 1. The van der Waals surface area contributed by atoms with Gasteiger partial charge in [-0.15, -0.1) is 0 Å². The second-order valence-corrected chi connectivity index (χ2v) is 4.13. The van der Waals surface area contributed by atoms with Crippen LogP contribution in [0.4, 0.5) is 5.82 Å². The standard InChI is InChI=1S/C11H15N3O2/c1-7-5-14(11(16)13-10(7)12)9-3-2-8(4-9)6-15/h2-3,5,8-9,15H,4,6H2,1H3,(H2,12,13,16). The van der Waals surface area contributed by atoms with E-state index in [0.29, 0.717) is 0 Å². The molecule has 1 heterocycles. The van der Waals surface area contributed by atoms with E-state index in [1.54, 1.807) is 10.8 Å². The number of nitrogens with zero attached hydrogens (tertiary/aromatic N) is 2. The fourth-order valence-corrected chi connectivity index (χ4v) is 1.91. The van der Waals surface area contributed by atoms with Gasteiger partial charge in [0.05, 0.1) is 6.04 Å². The Balaban J connectivity index is 2.33. The maximum absolute atomic E-state index is 11.6. The highest BCUT2D eigenvalue weighted by Crippen LogP contribution is 2.26. The van der Waals surface area contributed by atoms with E-state index in [1.165, 1.54) is 0 Å². The summed E-state index contributed by atoms with van der Waals surface area (Å²) in [6, 6.07) is -0.0172. The number of anilines is 1. The molecule has 1 aliphatic carbocycles. The molecule has 1 aromatic rings. The van der Waals surface area contributed by atoms with E-state index < -0.39 is 0 Å². The van der Waals surface area contributed by atoms with Crippen LogP contribution in [0.1, 0.15) is 18.0 Å². The lowest BCUT2D eigenvalue weighted by atomic mass is 10.1. The third-order valence-electron chi connectivity index (χ3n) is 2.92. The number of allylic oxidation sites excluding steroid dienone is 1. The largest absolute Gasteiger partial charge is 0.396 e. The van der Waals surface area contributed by atoms with Gasteiger partial charge in [0.2, 0.25) is 0 Å². The van der Waals surface area contributed by atoms with E-state index in [4.69, 9.17) is 10.8 Å². The summed E-state index contributed by atoms with van der Waals surface area (Å²) >= 11 is 0.